The van der Waals surface area contributed by atoms with Crippen molar-refractivity contribution in [3.8, 4) is 0 Å². The Morgan fingerprint density at radius 3 is 2.50 bits per heavy atom. The molecule has 0 saturated carbocycles. The zero-order valence-corrected chi connectivity index (χ0v) is 7.50. The fourth-order valence-electron chi connectivity index (χ4n) is 0.674. The maximum absolute atomic E-state index is 10.2. The summed E-state index contributed by atoms with van der Waals surface area (Å²) in [4.78, 5) is 10.2. The second kappa shape index (κ2) is 5.35. The third kappa shape index (κ3) is 6.81. The molecule has 0 aliphatic heterocycles. The van der Waals surface area contributed by atoms with Crippen molar-refractivity contribution in [3.63, 3.8) is 0 Å². The minimum absolute atomic E-state index is 0.0977. The van der Waals surface area contributed by atoms with Gasteiger partial charge in [0.2, 0.25) is 0 Å². The molecule has 0 aromatic rings. The van der Waals surface area contributed by atoms with Crippen molar-refractivity contribution in [2.24, 2.45) is 0 Å². The lowest BCUT2D eigenvalue weighted by molar-refractivity contribution is -0.136. The molecule has 0 aliphatic rings. The van der Waals surface area contributed by atoms with Gasteiger partial charge >= 0.3 is 5.97 Å². The van der Waals surface area contributed by atoms with Gasteiger partial charge in [-0.1, -0.05) is 36.0 Å². The molecule has 0 aromatic heterocycles. The molecule has 0 spiro atoms. The largest absolute Gasteiger partial charge is 0.481 e. The standard InChI is InChI=1S/C10H14O2/c1-8(2)5-4-6-9(3)7-10(11)12/h4-6H,1,7H2,2-3H3,(H,11,12). The van der Waals surface area contributed by atoms with Crippen LogP contribution in [-0.4, -0.2) is 11.1 Å². The smallest absolute Gasteiger partial charge is 0.307 e. The third-order valence-electron chi connectivity index (χ3n) is 1.19. The highest BCUT2D eigenvalue weighted by atomic mass is 16.4. The molecule has 0 aromatic carbocycles. The van der Waals surface area contributed by atoms with E-state index in [4.69, 9.17) is 5.11 Å². The van der Waals surface area contributed by atoms with E-state index >= 15 is 0 Å². The predicted octanol–water partition coefficient (Wildman–Crippen LogP) is 2.54. The number of rotatable bonds is 4. The quantitative estimate of drug-likeness (QED) is 0.651. The predicted molar refractivity (Wildman–Crippen MR) is 50.0 cm³/mol. The molecule has 0 aliphatic carbocycles. The molecule has 66 valence electrons. The van der Waals surface area contributed by atoms with E-state index in [0.717, 1.165) is 11.1 Å². The summed E-state index contributed by atoms with van der Waals surface area (Å²) in [5.74, 6) is -0.799. The van der Waals surface area contributed by atoms with Crippen molar-refractivity contribution in [2.75, 3.05) is 0 Å². The zero-order chi connectivity index (χ0) is 9.56. The second-order valence-electron chi connectivity index (χ2n) is 2.79. The van der Waals surface area contributed by atoms with Crippen LogP contribution in [-0.2, 0) is 4.79 Å². The molecular formula is C10H14O2. The second-order valence-corrected chi connectivity index (χ2v) is 2.79. The van der Waals surface area contributed by atoms with E-state index in [2.05, 4.69) is 6.58 Å². The van der Waals surface area contributed by atoms with Gasteiger partial charge in [0, 0.05) is 0 Å². The fraction of sp³-hybridized carbons (Fsp3) is 0.300. The summed E-state index contributed by atoms with van der Waals surface area (Å²) in [6.45, 7) is 7.35. The van der Waals surface area contributed by atoms with Crippen LogP contribution in [0.2, 0.25) is 0 Å². The first-order valence-electron chi connectivity index (χ1n) is 3.73. The molecular weight excluding hydrogens is 152 g/mol. The number of carbonyl (C=O) groups is 1. The van der Waals surface area contributed by atoms with Gasteiger partial charge in [0.05, 0.1) is 6.42 Å². The van der Waals surface area contributed by atoms with Crippen molar-refractivity contribution < 1.29 is 9.90 Å². The van der Waals surface area contributed by atoms with E-state index in [1.807, 2.05) is 13.0 Å². The molecule has 0 unspecified atom stereocenters. The van der Waals surface area contributed by atoms with Gasteiger partial charge in [-0.25, -0.2) is 0 Å². The molecule has 1 N–H and O–H groups in total. The van der Waals surface area contributed by atoms with Crippen LogP contribution < -0.4 is 0 Å². The van der Waals surface area contributed by atoms with E-state index in [1.165, 1.54) is 0 Å². The number of allylic oxidation sites excluding steroid dienone is 4. The van der Waals surface area contributed by atoms with Gasteiger partial charge < -0.3 is 5.11 Å². The Kier molecular flexibility index (Phi) is 4.77. The first-order valence-corrected chi connectivity index (χ1v) is 3.73. The van der Waals surface area contributed by atoms with Crippen LogP contribution in [0.3, 0.4) is 0 Å². The van der Waals surface area contributed by atoms with Crippen molar-refractivity contribution in [3.05, 3.63) is 36.0 Å². The molecule has 0 amide bonds. The lowest BCUT2D eigenvalue weighted by Gasteiger charge is -1.91. The molecule has 0 saturated heterocycles. The highest BCUT2D eigenvalue weighted by Crippen LogP contribution is 2.00. The number of carboxylic acids is 1. The van der Waals surface area contributed by atoms with E-state index in [9.17, 15) is 4.79 Å². The molecule has 2 heteroatoms. The maximum Gasteiger partial charge on any atom is 0.307 e. The van der Waals surface area contributed by atoms with Gasteiger partial charge in [0.15, 0.2) is 0 Å². The highest BCUT2D eigenvalue weighted by molar-refractivity contribution is 5.69. The maximum atomic E-state index is 10.2. The zero-order valence-electron chi connectivity index (χ0n) is 7.50. The minimum Gasteiger partial charge on any atom is -0.481 e. The summed E-state index contributed by atoms with van der Waals surface area (Å²) < 4.78 is 0. The molecule has 0 bridgehead atoms. The summed E-state index contributed by atoms with van der Waals surface area (Å²) in [5, 5.41) is 8.41. The van der Waals surface area contributed by atoms with Crippen LogP contribution in [0.5, 0.6) is 0 Å². The molecule has 0 heterocycles. The number of carboxylic acid groups (broad SMARTS) is 1. The van der Waals surface area contributed by atoms with Gasteiger partial charge in [-0.2, -0.15) is 0 Å². The fourth-order valence-corrected chi connectivity index (χ4v) is 0.674. The average molecular weight is 166 g/mol. The highest BCUT2D eigenvalue weighted by Gasteiger charge is 1.95. The van der Waals surface area contributed by atoms with E-state index in [0.29, 0.717) is 0 Å². The summed E-state index contributed by atoms with van der Waals surface area (Å²) >= 11 is 0. The van der Waals surface area contributed by atoms with Gasteiger partial charge in [-0.05, 0) is 13.8 Å². The van der Waals surface area contributed by atoms with Gasteiger partial charge in [-0.15, -0.1) is 0 Å². The monoisotopic (exact) mass is 166 g/mol. The van der Waals surface area contributed by atoms with Crippen molar-refractivity contribution in [2.45, 2.75) is 20.3 Å². The Hall–Kier alpha value is -1.31. The Morgan fingerprint density at radius 2 is 2.08 bits per heavy atom. The molecule has 0 atom stereocenters. The van der Waals surface area contributed by atoms with Crippen LogP contribution in [0.15, 0.2) is 36.0 Å². The number of aliphatic carboxylic acids is 1. The molecule has 2 nitrogen and oxygen atoms in total. The van der Waals surface area contributed by atoms with E-state index < -0.39 is 5.97 Å². The molecule has 0 fully saturated rings. The SMILES string of the molecule is C=C(C)C=CC=C(C)CC(=O)O. The van der Waals surface area contributed by atoms with Crippen LogP contribution in [0.4, 0.5) is 0 Å². The van der Waals surface area contributed by atoms with Crippen LogP contribution >= 0.6 is 0 Å². The van der Waals surface area contributed by atoms with Gasteiger partial charge in [0.25, 0.3) is 0 Å². The Bertz CT molecular complexity index is 234. The Morgan fingerprint density at radius 1 is 1.50 bits per heavy atom. The third-order valence-corrected chi connectivity index (χ3v) is 1.19. The lowest BCUT2D eigenvalue weighted by atomic mass is 10.2. The number of hydrogen-bond donors (Lipinski definition) is 1. The number of hydrogen-bond acceptors (Lipinski definition) is 1. The van der Waals surface area contributed by atoms with Crippen LogP contribution in [0.25, 0.3) is 0 Å². The molecule has 12 heavy (non-hydrogen) atoms. The van der Waals surface area contributed by atoms with E-state index in [1.54, 1.807) is 19.1 Å². The topological polar surface area (TPSA) is 37.3 Å². The van der Waals surface area contributed by atoms with Crippen molar-refractivity contribution >= 4 is 5.97 Å². The molecule has 0 rings (SSSR count). The minimum atomic E-state index is -0.799. The first-order chi connectivity index (χ1) is 5.52. The normalized spacial score (nSPS) is 12.0. The molecule has 0 radical (unpaired) electrons. The average Bonchev–Trinajstić information content (AvgIpc) is 1.84. The van der Waals surface area contributed by atoms with Gasteiger partial charge in [0.1, 0.15) is 0 Å². The Balaban J connectivity index is 4.00. The summed E-state index contributed by atoms with van der Waals surface area (Å²) in [6.07, 6.45) is 5.52. The summed E-state index contributed by atoms with van der Waals surface area (Å²) in [7, 11) is 0. The van der Waals surface area contributed by atoms with E-state index in [-0.39, 0.29) is 6.42 Å². The summed E-state index contributed by atoms with van der Waals surface area (Å²) in [5.41, 5.74) is 1.79. The van der Waals surface area contributed by atoms with Crippen molar-refractivity contribution in [1.29, 1.82) is 0 Å². The lowest BCUT2D eigenvalue weighted by Crippen LogP contribution is -1.93. The van der Waals surface area contributed by atoms with Crippen LogP contribution in [0.1, 0.15) is 20.3 Å². The Labute approximate surface area is 72.9 Å². The van der Waals surface area contributed by atoms with Gasteiger partial charge in [-0.3, -0.25) is 4.79 Å². The summed E-state index contributed by atoms with van der Waals surface area (Å²) in [6, 6.07) is 0. The van der Waals surface area contributed by atoms with Crippen LogP contribution in [0, 0.1) is 0 Å². The van der Waals surface area contributed by atoms with Crippen molar-refractivity contribution in [1.82, 2.24) is 0 Å². The first kappa shape index (κ1) is 10.7.